The molecule has 0 spiro atoms. The molecular weight excluding hydrogens is 859 g/mol. The number of aromatic nitrogens is 1. The highest BCUT2D eigenvalue weighted by molar-refractivity contribution is 8.72. The van der Waals surface area contributed by atoms with Gasteiger partial charge in [-0.05, 0) is 78.6 Å². The first kappa shape index (κ1) is 42.7. The van der Waals surface area contributed by atoms with E-state index in [1.54, 1.807) is 60.2 Å². The maximum atomic E-state index is 14.4. The van der Waals surface area contributed by atoms with E-state index in [1.807, 2.05) is 60.7 Å². The first-order chi connectivity index (χ1) is 30.7. The summed E-state index contributed by atoms with van der Waals surface area (Å²) in [5.41, 5.74) is 6.19. The Labute approximate surface area is 374 Å². The number of anilines is 3. The summed E-state index contributed by atoms with van der Waals surface area (Å²) in [6.07, 6.45) is 3.37. The normalized spacial score (nSPS) is 17.3. The lowest BCUT2D eigenvalue weighted by molar-refractivity contribution is 0.0976. The molecule has 17 heteroatoms. The van der Waals surface area contributed by atoms with Crippen LogP contribution in [0.5, 0.6) is 23.0 Å². The largest absolute Gasteiger partial charge is 0.493 e. The number of rotatable bonds is 12. The van der Waals surface area contributed by atoms with Gasteiger partial charge in [0, 0.05) is 42.4 Å². The van der Waals surface area contributed by atoms with Crippen LogP contribution < -0.4 is 33.6 Å². The molecule has 9 rings (SSSR count). The molecule has 0 unspecified atom stereocenters. The molecule has 0 radical (unpaired) electrons. The molecule has 0 N–H and O–H groups in total. The van der Waals surface area contributed by atoms with Crippen molar-refractivity contribution in [1.82, 2.24) is 4.98 Å². The molecule has 4 aliphatic heterocycles. The third-order valence-electron chi connectivity index (χ3n) is 11.4. The third-order valence-corrected chi connectivity index (χ3v) is 14.5. The molecule has 2 atom stereocenters. The molecule has 330 valence electrons. The lowest BCUT2D eigenvalue weighted by Crippen LogP contribution is -2.44. The van der Waals surface area contributed by atoms with E-state index in [9.17, 15) is 22.8 Å². The van der Waals surface area contributed by atoms with Crippen molar-refractivity contribution in [2.75, 3.05) is 48.3 Å². The first-order valence-electron chi connectivity index (χ1n) is 20.6. The SMILES string of the molecule is COc1cc2c(cc1OCc1cccc(COc3cc4c(cc3OC)C(=O)N3c5ccccc5C[C@H]3CN4C(=O)OCC(C)(C)SS(C)(=O)=O)n1)N=C[C@@H]1Cc3ccccc3N1C2=O. The van der Waals surface area contributed by atoms with Crippen LogP contribution in [-0.2, 0) is 39.7 Å². The second-order valence-corrected chi connectivity index (χ2v) is 21.5. The number of carbonyl (C=O) groups is 3. The highest BCUT2D eigenvalue weighted by atomic mass is 33.1. The fourth-order valence-corrected chi connectivity index (χ4v) is 12.2. The van der Waals surface area contributed by atoms with Crippen LogP contribution in [0, 0.1) is 0 Å². The standard InChI is InChI=1S/C47H45N5O10S2/c1-47(2,63-64(5,56)57)27-62-46(55)50-24-33-18-29-12-7-9-16-38(29)52(33)45(54)35-20-41(59-4)43(22-39(35)50)61-26-31-14-10-13-30(49-31)25-60-42-21-36-34(19-40(42)58-3)44(53)51-32(23-48-36)17-28-11-6-8-15-37(28)51/h6-16,19-23,32-33H,17-18,24-27H2,1-5H3/t32-,33-/m0/s1. The van der Waals surface area contributed by atoms with Gasteiger partial charge in [-0.2, -0.15) is 0 Å². The molecule has 64 heavy (non-hydrogen) atoms. The van der Waals surface area contributed by atoms with Crippen molar-refractivity contribution in [3.8, 4) is 23.0 Å². The van der Waals surface area contributed by atoms with Gasteiger partial charge in [0.05, 0.1) is 71.5 Å². The van der Waals surface area contributed by atoms with Crippen LogP contribution in [0.4, 0.5) is 27.5 Å². The second-order valence-electron chi connectivity index (χ2n) is 16.5. The summed E-state index contributed by atoms with van der Waals surface area (Å²) in [6, 6.07) is 26.8. The van der Waals surface area contributed by atoms with Gasteiger partial charge in [0.25, 0.3) is 11.8 Å². The molecule has 0 saturated heterocycles. The number of methoxy groups -OCH3 is 2. The Morgan fingerprint density at radius 2 is 1.34 bits per heavy atom. The van der Waals surface area contributed by atoms with E-state index in [0.29, 0.717) is 57.8 Å². The van der Waals surface area contributed by atoms with Crippen LogP contribution in [0.2, 0.25) is 0 Å². The van der Waals surface area contributed by atoms with Gasteiger partial charge in [-0.3, -0.25) is 29.4 Å². The zero-order valence-corrected chi connectivity index (χ0v) is 37.4. The molecule has 0 fully saturated rings. The smallest absolute Gasteiger partial charge is 0.414 e. The highest BCUT2D eigenvalue weighted by Gasteiger charge is 2.43. The van der Waals surface area contributed by atoms with Crippen molar-refractivity contribution in [2.45, 2.75) is 56.7 Å². The van der Waals surface area contributed by atoms with Crippen molar-refractivity contribution in [2.24, 2.45) is 4.99 Å². The maximum absolute atomic E-state index is 14.4. The minimum absolute atomic E-state index is 0.0137. The molecule has 0 saturated carbocycles. The minimum Gasteiger partial charge on any atom is -0.493 e. The lowest BCUT2D eigenvalue weighted by Gasteiger charge is -2.28. The number of pyridine rings is 1. The van der Waals surface area contributed by atoms with Crippen LogP contribution in [0.1, 0.15) is 57.1 Å². The van der Waals surface area contributed by atoms with E-state index in [2.05, 4.69) is 0 Å². The molecule has 1 aromatic heterocycles. The zero-order chi connectivity index (χ0) is 44.9. The number of ether oxygens (including phenoxy) is 5. The number of hydrogen-bond acceptors (Lipinski definition) is 13. The van der Waals surface area contributed by atoms with E-state index in [4.69, 9.17) is 33.7 Å². The Kier molecular flexibility index (Phi) is 11.2. The molecule has 4 aromatic carbocycles. The molecule has 0 bridgehead atoms. The van der Waals surface area contributed by atoms with Crippen LogP contribution in [0.25, 0.3) is 0 Å². The number of hydrogen-bond donors (Lipinski definition) is 0. The predicted molar refractivity (Wildman–Crippen MR) is 244 cm³/mol. The number of nitrogens with zero attached hydrogens (tertiary/aromatic N) is 5. The predicted octanol–water partition coefficient (Wildman–Crippen LogP) is 7.54. The van der Waals surface area contributed by atoms with Crippen LogP contribution >= 0.6 is 10.8 Å². The molecule has 4 aliphatic rings. The van der Waals surface area contributed by atoms with E-state index < -0.39 is 25.8 Å². The lowest BCUT2D eigenvalue weighted by atomic mass is 10.1. The van der Waals surface area contributed by atoms with Gasteiger partial charge in [-0.25, -0.2) is 13.2 Å². The van der Waals surface area contributed by atoms with E-state index in [-0.39, 0.29) is 67.0 Å². The summed E-state index contributed by atoms with van der Waals surface area (Å²) in [5.74, 6) is 0.801. The van der Waals surface area contributed by atoms with Gasteiger partial charge in [0.2, 0.25) is 0 Å². The van der Waals surface area contributed by atoms with E-state index in [0.717, 1.165) is 28.8 Å². The Morgan fingerprint density at radius 1 is 0.750 bits per heavy atom. The molecule has 5 heterocycles. The summed E-state index contributed by atoms with van der Waals surface area (Å²) in [5, 5.41) is 0. The quantitative estimate of drug-likeness (QED) is 0.113. The van der Waals surface area contributed by atoms with Gasteiger partial charge < -0.3 is 28.6 Å². The summed E-state index contributed by atoms with van der Waals surface area (Å²) < 4.78 is 53.0. The van der Waals surface area contributed by atoms with Crippen molar-refractivity contribution in [3.63, 3.8) is 0 Å². The Morgan fingerprint density at radius 3 is 2.00 bits per heavy atom. The summed E-state index contributed by atoms with van der Waals surface area (Å²) >= 11 is 0. The number of amides is 3. The van der Waals surface area contributed by atoms with Crippen LogP contribution in [0.3, 0.4) is 0 Å². The third kappa shape index (κ3) is 8.32. The van der Waals surface area contributed by atoms with Crippen molar-refractivity contribution >= 4 is 66.5 Å². The summed E-state index contributed by atoms with van der Waals surface area (Å²) in [6.45, 7) is 3.31. The molecule has 3 amide bonds. The minimum atomic E-state index is -3.44. The number of benzene rings is 4. The van der Waals surface area contributed by atoms with Gasteiger partial charge in [0.1, 0.15) is 19.8 Å². The number of carbonyl (C=O) groups excluding carboxylic acids is 3. The Balaban J connectivity index is 0.946. The Bertz CT molecular complexity index is 2850. The van der Waals surface area contributed by atoms with E-state index in [1.165, 1.54) is 19.1 Å². The van der Waals surface area contributed by atoms with Gasteiger partial charge in [-0.1, -0.05) is 42.5 Å². The fourth-order valence-electron chi connectivity index (χ4n) is 8.64. The molecule has 0 aliphatic carbocycles. The maximum Gasteiger partial charge on any atom is 0.414 e. The number of para-hydroxylation sites is 2. The average Bonchev–Trinajstić information content (AvgIpc) is 3.77. The average molecular weight is 904 g/mol. The number of fused-ring (bicyclic) bond motifs is 8. The first-order valence-corrected chi connectivity index (χ1v) is 23.8. The van der Waals surface area contributed by atoms with E-state index >= 15 is 0 Å². The molecule has 15 nitrogen and oxygen atoms in total. The summed E-state index contributed by atoms with van der Waals surface area (Å²) in [4.78, 5) is 56.7. The molecular formula is C47H45N5O10S2. The topological polar surface area (TPSA) is 166 Å². The Hall–Kier alpha value is -6.59. The van der Waals surface area contributed by atoms with Crippen molar-refractivity contribution < 1.29 is 46.5 Å². The van der Waals surface area contributed by atoms with Crippen LogP contribution in [-0.4, -0.2) is 88.0 Å². The number of aliphatic imine (C=N–C) groups is 1. The molecule has 5 aromatic rings. The van der Waals surface area contributed by atoms with Crippen LogP contribution in [0.15, 0.2) is 96.0 Å². The monoisotopic (exact) mass is 903 g/mol. The van der Waals surface area contributed by atoms with Gasteiger partial charge in [0.15, 0.2) is 31.9 Å². The zero-order valence-electron chi connectivity index (χ0n) is 35.8. The summed E-state index contributed by atoms with van der Waals surface area (Å²) in [7, 11) is 0.249. The van der Waals surface area contributed by atoms with Gasteiger partial charge in [-0.15, -0.1) is 0 Å². The van der Waals surface area contributed by atoms with Crippen molar-refractivity contribution in [3.05, 3.63) is 125 Å². The highest BCUT2D eigenvalue weighted by Crippen LogP contribution is 2.44. The fraction of sp³-hybridized carbons (Fsp3) is 0.298. The van der Waals surface area contributed by atoms with Crippen molar-refractivity contribution in [1.29, 1.82) is 0 Å². The van der Waals surface area contributed by atoms with Gasteiger partial charge >= 0.3 is 6.09 Å². The second kappa shape index (κ2) is 16.8.